The lowest BCUT2D eigenvalue weighted by Crippen LogP contribution is -2.12. The Morgan fingerprint density at radius 1 is 1.11 bits per heavy atom. The average molecular weight is 322 g/mol. The van der Waals surface area contributed by atoms with Crippen LogP contribution in [0.25, 0.3) is 0 Å². The van der Waals surface area contributed by atoms with Crippen LogP contribution in [0.3, 0.4) is 0 Å². The van der Waals surface area contributed by atoms with Crippen molar-refractivity contribution in [2.75, 3.05) is 7.11 Å². The summed E-state index contributed by atoms with van der Waals surface area (Å²) in [6.45, 7) is 0. The molecule has 0 aliphatic carbocycles. The molecule has 1 amide bonds. The van der Waals surface area contributed by atoms with Crippen molar-refractivity contribution in [3.05, 3.63) is 52.5 Å². The van der Waals surface area contributed by atoms with Gasteiger partial charge < -0.3 is 15.2 Å². The van der Waals surface area contributed by atoms with Gasteiger partial charge in [0.2, 0.25) is 0 Å². The molecular weight excluding hydrogens is 310 g/mol. The van der Waals surface area contributed by atoms with Crippen molar-refractivity contribution < 1.29 is 14.3 Å². The summed E-state index contributed by atoms with van der Waals surface area (Å²) in [5, 5.41) is 0. The third-order valence-corrected chi connectivity index (χ3v) is 2.99. The first-order chi connectivity index (χ1) is 9.10. The van der Waals surface area contributed by atoms with Crippen LogP contribution in [0.5, 0.6) is 17.2 Å². The van der Waals surface area contributed by atoms with Gasteiger partial charge in [0.15, 0.2) is 0 Å². The van der Waals surface area contributed by atoms with E-state index in [1.165, 1.54) is 0 Å². The summed E-state index contributed by atoms with van der Waals surface area (Å²) in [6.07, 6.45) is 0. The van der Waals surface area contributed by atoms with Crippen molar-refractivity contribution >= 4 is 21.8 Å². The van der Waals surface area contributed by atoms with E-state index in [1.807, 2.05) is 0 Å². The Morgan fingerprint density at radius 3 is 2.32 bits per heavy atom. The van der Waals surface area contributed by atoms with Crippen molar-refractivity contribution in [1.82, 2.24) is 0 Å². The van der Waals surface area contributed by atoms with E-state index < -0.39 is 5.91 Å². The molecule has 4 nitrogen and oxygen atoms in total. The molecule has 0 bridgehead atoms. The predicted molar refractivity (Wildman–Crippen MR) is 75.7 cm³/mol. The normalized spacial score (nSPS) is 10.0. The molecule has 19 heavy (non-hydrogen) atoms. The highest BCUT2D eigenvalue weighted by molar-refractivity contribution is 9.10. The molecule has 2 rings (SSSR count). The molecule has 2 N–H and O–H groups in total. The summed E-state index contributed by atoms with van der Waals surface area (Å²) in [7, 11) is 1.59. The number of carbonyl (C=O) groups excluding carboxylic acids is 1. The van der Waals surface area contributed by atoms with E-state index in [0.29, 0.717) is 17.1 Å². The van der Waals surface area contributed by atoms with E-state index in [2.05, 4.69) is 15.9 Å². The molecular formula is C14H12BrNO3. The average Bonchev–Trinajstić information content (AvgIpc) is 2.41. The fourth-order valence-corrected chi connectivity index (χ4v) is 1.92. The quantitative estimate of drug-likeness (QED) is 0.939. The molecule has 0 fully saturated rings. The molecule has 2 aromatic carbocycles. The number of primary amides is 1. The highest BCUT2D eigenvalue weighted by Crippen LogP contribution is 2.28. The predicted octanol–water partition coefficient (Wildman–Crippen LogP) is 3.35. The number of hydrogen-bond donors (Lipinski definition) is 1. The molecule has 0 spiro atoms. The summed E-state index contributed by atoms with van der Waals surface area (Å²) >= 11 is 3.29. The van der Waals surface area contributed by atoms with Gasteiger partial charge in [0.1, 0.15) is 17.2 Å². The lowest BCUT2D eigenvalue weighted by Gasteiger charge is -2.10. The lowest BCUT2D eigenvalue weighted by atomic mass is 10.2. The van der Waals surface area contributed by atoms with E-state index in [4.69, 9.17) is 15.2 Å². The van der Waals surface area contributed by atoms with Crippen molar-refractivity contribution in [3.8, 4) is 17.2 Å². The van der Waals surface area contributed by atoms with Crippen molar-refractivity contribution in [1.29, 1.82) is 0 Å². The second kappa shape index (κ2) is 5.75. The number of carbonyl (C=O) groups is 1. The molecule has 0 saturated carbocycles. The third kappa shape index (κ3) is 3.26. The first kappa shape index (κ1) is 13.4. The van der Waals surface area contributed by atoms with Gasteiger partial charge in [0, 0.05) is 4.47 Å². The second-order valence-electron chi connectivity index (χ2n) is 3.78. The van der Waals surface area contributed by atoms with E-state index in [9.17, 15) is 4.79 Å². The maximum atomic E-state index is 11.4. The monoisotopic (exact) mass is 321 g/mol. The van der Waals surface area contributed by atoms with Crippen LogP contribution >= 0.6 is 15.9 Å². The van der Waals surface area contributed by atoms with Crippen LogP contribution in [0.15, 0.2) is 46.9 Å². The Balaban J connectivity index is 2.29. The number of amides is 1. The Morgan fingerprint density at radius 2 is 1.74 bits per heavy atom. The zero-order valence-electron chi connectivity index (χ0n) is 10.2. The summed E-state index contributed by atoms with van der Waals surface area (Å²) in [5.41, 5.74) is 5.65. The van der Waals surface area contributed by atoms with Crippen molar-refractivity contribution in [2.24, 2.45) is 5.73 Å². The Bertz CT molecular complexity index is 596. The molecule has 98 valence electrons. The fraction of sp³-hybridized carbons (Fsp3) is 0.0714. The molecule has 0 aromatic heterocycles. The maximum Gasteiger partial charge on any atom is 0.252 e. The third-order valence-electron chi connectivity index (χ3n) is 2.49. The van der Waals surface area contributed by atoms with Gasteiger partial charge in [0.05, 0.1) is 12.7 Å². The van der Waals surface area contributed by atoms with E-state index in [0.717, 1.165) is 10.2 Å². The van der Waals surface area contributed by atoms with Crippen LogP contribution in [0.4, 0.5) is 0 Å². The molecule has 0 aliphatic rings. The molecule has 0 radical (unpaired) electrons. The number of halogens is 1. The number of methoxy groups -OCH3 is 1. The van der Waals surface area contributed by atoms with Gasteiger partial charge in [0.25, 0.3) is 5.91 Å². The molecule has 0 saturated heterocycles. The largest absolute Gasteiger partial charge is 0.497 e. The molecule has 0 aliphatic heterocycles. The van der Waals surface area contributed by atoms with Crippen LogP contribution in [-0.4, -0.2) is 13.0 Å². The fourth-order valence-electron chi connectivity index (χ4n) is 1.55. The van der Waals surface area contributed by atoms with Gasteiger partial charge in [-0.2, -0.15) is 0 Å². The summed E-state index contributed by atoms with van der Waals surface area (Å²) < 4.78 is 11.5. The first-order valence-electron chi connectivity index (χ1n) is 5.51. The van der Waals surface area contributed by atoms with Crippen LogP contribution in [0, 0.1) is 0 Å². The van der Waals surface area contributed by atoms with Gasteiger partial charge in [-0.3, -0.25) is 4.79 Å². The zero-order chi connectivity index (χ0) is 13.8. The zero-order valence-corrected chi connectivity index (χ0v) is 11.8. The lowest BCUT2D eigenvalue weighted by molar-refractivity contribution is 0.0998. The highest BCUT2D eigenvalue weighted by Gasteiger charge is 2.11. The van der Waals surface area contributed by atoms with Crippen molar-refractivity contribution in [3.63, 3.8) is 0 Å². The van der Waals surface area contributed by atoms with Crippen LogP contribution in [0.2, 0.25) is 0 Å². The number of hydrogen-bond acceptors (Lipinski definition) is 3. The Kier molecular flexibility index (Phi) is 4.06. The Labute approximate surface area is 119 Å². The molecule has 0 atom stereocenters. The summed E-state index contributed by atoms with van der Waals surface area (Å²) in [4.78, 5) is 11.4. The number of rotatable bonds is 4. The van der Waals surface area contributed by atoms with Gasteiger partial charge >= 0.3 is 0 Å². The minimum absolute atomic E-state index is 0.324. The van der Waals surface area contributed by atoms with E-state index >= 15 is 0 Å². The van der Waals surface area contributed by atoms with Crippen LogP contribution in [-0.2, 0) is 0 Å². The topological polar surface area (TPSA) is 61.6 Å². The van der Waals surface area contributed by atoms with Gasteiger partial charge in [-0.05, 0) is 42.5 Å². The summed E-state index contributed by atoms with van der Waals surface area (Å²) in [5.74, 6) is 1.22. The van der Waals surface area contributed by atoms with Crippen LogP contribution < -0.4 is 15.2 Å². The summed E-state index contributed by atoms with van der Waals surface area (Å²) in [6, 6.07) is 12.2. The SMILES string of the molecule is COc1ccc(Oc2ccc(Br)cc2C(N)=O)cc1. The minimum atomic E-state index is -0.537. The van der Waals surface area contributed by atoms with E-state index in [1.54, 1.807) is 49.6 Å². The standard InChI is InChI=1S/C14H12BrNO3/c1-18-10-3-5-11(6-4-10)19-13-7-2-9(15)8-12(13)14(16)17/h2-8H,1H3,(H2,16,17). The van der Waals surface area contributed by atoms with Gasteiger partial charge in [-0.15, -0.1) is 0 Å². The smallest absolute Gasteiger partial charge is 0.252 e. The number of nitrogens with two attached hydrogens (primary N) is 1. The maximum absolute atomic E-state index is 11.4. The number of benzene rings is 2. The number of ether oxygens (including phenoxy) is 2. The Hall–Kier alpha value is -2.01. The second-order valence-corrected chi connectivity index (χ2v) is 4.70. The molecule has 2 aromatic rings. The van der Waals surface area contributed by atoms with Gasteiger partial charge in [-0.1, -0.05) is 15.9 Å². The first-order valence-corrected chi connectivity index (χ1v) is 6.30. The van der Waals surface area contributed by atoms with Crippen LogP contribution in [0.1, 0.15) is 10.4 Å². The molecule has 5 heteroatoms. The molecule has 0 unspecified atom stereocenters. The van der Waals surface area contributed by atoms with Gasteiger partial charge in [-0.25, -0.2) is 0 Å². The highest BCUT2D eigenvalue weighted by atomic mass is 79.9. The van der Waals surface area contributed by atoms with Crippen molar-refractivity contribution in [2.45, 2.75) is 0 Å². The minimum Gasteiger partial charge on any atom is -0.497 e. The molecule has 0 heterocycles. The van der Waals surface area contributed by atoms with E-state index in [-0.39, 0.29) is 0 Å².